The average Bonchev–Trinajstić information content (AvgIpc) is 3.02. The van der Waals surface area contributed by atoms with Crippen LogP contribution in [0.1, 0.15) is 47.7 Å². The maximum absolute atomic E-state index is 13.2. The Bertz CT molecular complexity index is 1290. The van der Waals surface area contributed by atoms with Crippen molar-refractivity contribution in [3.8, 4) is 0 Å². The van der Waals surface area contributed by atoms with Crippen molar-refractivity contribution in [3.63, 3.8) is 0 Å². The van der Waals surface area contributed by atoms with Crippen molar-refractivity contribution in [1.82, 2.24) is 14.9 Å². The van der Waals surface area contributed by atoms with Gasteiger partial charge < -0.3 is 14.9 Å². The fraction of sp³-hybridized carbons (Fsp3) is 0.318. The van der Waals surface area contributed by atoms with Gasteiger partial charge in [0.05, 0.1) is 16.6 Å². The molecule has 1 amide bonds. The number of carbonyl (C=O) groups excluding carboxylic acids is 1. The van der Waals surface area contributed by atoms with Crippen LogP contribution in [0.3, 0.4) is 0 Å². The fourth-order valence-electron chi connectivity index (χ4n) is 4.36. The van der Waals surface area contributed by atoms with Gasteiger partial charge >= 0.3 is 17.3 Å². The number of benzene rings is 2. The van der Waals surface area contributed by atoms with Gasteiger partial charge in [-0.1, -0.05) is 18.2 Å². The minimum absolute atomic E-state index is 0.268. The molecule has 1 saturated heterocycles. The second-order valence-electron chi connectivity index (χ2n) is 8.24. The van der Waals surface area contributed by atoms with Crippen LogP contribution in [0.2, 0.25) is 0 Å². The summed E-state index contributed by atoms with van der Waals surface area (Å²) < 4.78 is 39.4. The van der Waals surface area contributed by atoms with Gasteiger partial charge in [-0.05, 0) is 50.1 Å². The molecule has 0 radical (unpaired) electrons. The maximum atomic E-state index is 13.2. The zero-order valence-electron chi connectivity index (χ0n) is 16.8. The summed E-state index contributed by atoms with van der Waals surface area (Å²) in [7, 11) is 0. The van der Waals surface area contributed by atoms with Crippen LogP contribution < -0.4 is 11.1 Å². The van der Waals surface area contributed by atoms with Gasteiger partial charge in [-0.3, -0.25) is 14.4 Å². The smallest absolute Gasteiger partial charge is 0.333 e. The third-order valence-corrected chi connectivity index (χ3v) is 6.02. The van der Waals surface area contributed by atoms with E-state index in [1.54, 1.807) is 17.0 Å². The average molecular weight is 431 g/mol. The molecular formula is C22H20F3N3O3. The molecule has 162 valence electrons. The molecule has 4 rings (SSSR count). The number of aromatic amines is 2. The maximum Gasteiger partial charge on any atom is 0.416 e. The molecule has 0 saturated carbocycles. The fourth-order valence-corrected chi connectivity index (χ4v) is 4.36. The molecule has 0 bridgehead atoms. The first kappa shape index (κ1) is 20.9. The number of H-pyrrole nitrogens is 2. The SMILES string of the molecule is CC1(C)C(c2cccc(C(F)(F)F)c2)CCN1C(=O)c1ccc2[nH]c(=O)c(=O)[nH]c2c1. The van der Waals surface area contributed by atoms with Gasteiger partial charge in [-0.15, -0.1) is 0 Å². The van der Waals surface area contributed by atoms with E-state index in [4.69, 9.17) is 0 Å². The summed E-state index contributed by atoms with van der Waals surface area (Å²) in [4.78, 5) is 42.8. The molecule has 3 aromatic rings. The molecule has 6 nitrogen and oxygen atoms in total. The minimum Gasteiger partial charge on any atom is -0.333 e. The summed E-state index contributed by atoms with van der Waals surface area (Å²) in [6.07, 6.45) is -3.91. The van der Waals surface area contributed by atoms with Gasteiger partial charge in [0.1, 0.15) is 0 Å². The molecule has 1 aliphatic rings. The lowest BCUT2D eigenvalue weighted by molar-refractivity contribution is -0.137. The summed E-state index contributed by atoms with van der Waals surface area (Å²) in [5.41, 5.74) is -1.47. The number of likely N-dealkylation sites (tertiary alicyclic amines) is 1. The van der Waals surface area contributed by atoms with Crippen molar-refractivity contribution < 1.29 is 18.0 Å². The number of halogens is 3. The van der Waals surface area contributed by atoms with E-state index in [0.29, 0.717) is 35.1 Å². The Morgan fingerprint density at radius 2 is 1.71 bits per heavy atom. The number of fused-ring (bicyclic) bond motifs is 1. The van der Waals surface area contributed by atoms with Gasteiger partial charge in [0.2, 0.25) is 0 Å². The number of hydrogen-bond donors (Lipinski definition) is 2. The Morgan fingerprint density at radius 3 is 2.39 bits per heavy atom. The first-order valence-electron chi connectivity index (χ1n) is 9.74. The molecule has 1 unspecified atom stereocenters. The van der Waals surface area contributed by atoms with E-state index in [1.807, 2.05) is 13.8 Å². The second-order valence-corrected chi connectivity index (χ2v) is 8.24. The molecule has 1 aromatic heterocycles. The van der Waals surface area contributed by atoms with Gasteiger partial charge in [-0.2, -0.15) is 13.2 Å². The number of carbonyl (C=O) groups is 1. The van der Waals surface area contributed by atoms with Crippen molar-refractivity contribution in [1.29, 1.82) is 0 Å². The van der Waals surface area contributed by atoms with Crippen LogP contribution in [0.25, 0.3) is 11.0 Å². The van der Waals surface area contributed by atoms with E-state index in [2.05, 4.69) is 9.97 Å². The van der Waals surface area contributed by atoms with Gasteiger partial charge in [0.25, 0.3) is 5.91 Å². The molecule has 0 spiro atoms. The largest absolute Gasteiger partial charge is 0.416 e. The van der Waals surface area contributed by atoms with Crippen molar-refractivity contribution in [3.05, 3.63) is 79.9 Å². The van der Waals surface area contributed by atoms with E-state index in [0.717, 1.165) is 12.1 Å². The third-order valence-electron chi connectivity index (χ3n) is 6.02. The quantitative estimate of drug-likeness (QED) is 0.608. The molecule has 1 atom stereocenters. The van der Waals surface area contributed by atoms with Crippen molar-refractivity contribution in [2.45, 2.75) is 37.9 Å². The van der Waals surface area contributed by atoms with E-state index in [-0.39, 0.29) is 11.8 Å². The predicted octanol–water partition coefficient (Wildman–Crippen LogP) is 3.64. The zero-order valence-corrected chi connectivity index (χ0v) is 16.8. The lowest BCUT2D eigenvalue weighted by Gasteiger charge is -2.36. The van der Waals surface area contributed by atoms with Crippen LogP contribution >= 0.6 is 0 Å². The normalized spacial score (nSPS) is 18.5. The summed E-state index contributed by atoms with van der Waals surface area (Å²) >= 11 is 0. The summed E-state index contributed by atoms with van der Waals surface area (Å²) in [5.74, 6) is -0.566. The van der Waals surface area contributed by atoms with Gasteiger partial charge in [0.15, 0.2) is 0 Å². The molecule has 1 aliphatic heterocycles. The second kappa shape index (κ2) is 7.11. The minimum atomic E-state index is -4.43. The number of aromatic nitrogens is 2. The van der Waals surface area contributed by atoms with Crippen LogP contribution in [-0.4, -0.2) is 32.9 Å². The summed E-state index contributed by atoms with van der Waals surface area (Å²) in [6, 6.07) is 9.81. The highest BCUT2D eigenvalue weighted by atomic mass is 19.4. The molecule has 1 fully saturated rings. The lowest BCUT2D eigenvalue weighted by Crippen LogP contribution is -2.45. The summed E-state index contributed by atoms with van der Waals surface area (Å²) in [6.45, 7) is 4.05. The molecule has 9 heteroatoms. The Hall–Kier alpha value is -3.36. The standard InChI is InChI=1S/C22H20F3N3O3/c1-21(2)15(12-4-3-5-14(10-12)22(23,24)25)8-9-28(21)20(31)13-6-7-16-17(11-13)27-19(30)18(29)26-16/h3-7,10-11,15H,8-9H2,1-2H3,(H,26,29)(H,27,30). The highest BCUT2D eigenvalue weighted by Gasteiger charge is 2.45. The number of alkyl halides is 3. The van der Waals surface area contributed by atoms with Crippen LogP contribution in [0.4, 0.5) is 13.2 Å². The molecule has 31 heavy (non-hydrogen) atoms. The van der Waals surface area contributed by atoms with Crippen molar-refractivity contribution >= 4 is 16.9 Å². The van der Waals surface area contributed by atoms with E-state index >= 15 is 0 Å². The predicted molar refractivity (Wildman–Crippen MR) is 109 cm³/mol. The number of hydrogen-bond acceptors (Lipinski definition) is 3. The number of nitrogens with one attached hydrogen (secondary N) is 2. The lowest BCUT2D eigenvalue weighted by atomic mass is 9.82. The Labute approximate surface area is 174 Å². The van der Waals surface area contributed by atoms with E-state index in [1.165, 1.54) is 18.2 Å². The Kier molecular flexibility index (Phi) is 4.79. The van der Waals surface area contributed by atoms with Crippen LogP contribution in [-0.2, 0) is 6.18 Å². The first-order chi connectivity index (χ1) is 14.5. The van der Waals surface area contributed by atoms with Crippen molar-refractivity contribution in [2.75, 3.05) is 6.54 Å². The number of rotatable bonds is 2. The number of nitrogens with zero attached hydrogens (tertiary/aromatic N) is 1. The van der Waals surface area contributed by atoms with Crippen LogP contribution in [0.15, 0.2) is 52.1 Å². The van der Waals surface area contributed by atoms with E-state index < -0.39 is 28.4 Å². The summed E-state index contributed by atoms with van der Waals surface area (Å²) in [5, 5.41) is 0. The first-order valence-corrected chi connectivity index (χ1v) is 9.74. The Morgan fingerprint density at radius 1 is 1.03 bits per heavy atom. The van der Waals surface area contributed by atoms with Gasteiger partial charge in [0, 0.05) is 23.6 Å². The molecular weight excluding hydrogens is 411 g/mol. The molecule has 0 aliphatic carbocycles. The monoisotopic (exact) mass is 431 g/mol. The van der Waals surface area contributed by atoms with Gasteiger partial charge in [-0.25, -0.2) is 0 Å². The van der Waals surface area contributed by atoms with Crippen LogP contribution in [0.5, 0.6) is 0 Å². The van der Waals surface area contributed by atoms with E-state index in [9.17, 15) is 27.6 Å². The number of amides is 1. The topological polar surface area (TPSA) is 86.0 Å². The zero-order chi connectivity index (χ0) is 22.6. The highest BCUT2D eigenvalue weighted by molar-refractivity contribution is 5.97. The highest BCUT2D eigenvalue weighted by Crippen LogP contribution is 2.43. The van der Waals surface area contributed by atoms with Crippen LogP contribution in [0, 0.1) is 0 Å². The van der Waals surface area contributed by atoms with Crippen molar-refractivity contribution in [2.24, 2.45) is 0 Å². The Balaban J connectivity index is 1.66. The molecule has 2 aromatic carbocycles. The molecule has 2 heterocycles. The molecule has 2 N–H and O–H groups in total. The third kappa shape index (κ3) is 3.64.